The van der Waals surface area contributed by atoms with Crippen LogP contribution in [0.1, 0.15) is 48.9 Å². The van der Waals surface area contributed by atoms with Gasteiger partial charge in [-0.05, 0) is 25.0 Å². The summed E-state index contributed by atoms with van der Waals surface area (Å²) in [6.07, 6.45) is 6.47. The molecule has 0 atom stereocenters. The third kappa shape index (κ3) is 4.79. The Kier molecular flexibility index (Phi) is 5.86. The summed E-state index contributed by atoms with van der Waals surface area (Å²) >= 11 is 0. The number of carbonyl (C=O) groups is 2. The first kappa shape index (κ1) is 16.4. The summed E-state index contributed by atoms with van der Waals surface area (Å²) in [5, 5.41) is 5.23. The summed E-state index contributed by atoms with van der Waals surface area (Å²) in [6, 6.07) is 2.85. The molecule has 0 heterocycles. The summed E-state index contributed by atoms with van der Waals surface area (Å²) in [6.45, 7) is -0.216. The smallest absolute Gasteiger partial charge is 0.254 e. The van der Waals surface area contributed by atoms with Crippen molar-refractivity contribution in [2.45, 2.75) is 44.6 Å². The average Bonchev–Trinajstić information content (AvgIpc) is 2.73. The van der Waals surface area contributed by atoms with Gasteiger partial charge in [0.2, 0.25) is 5.91 Å². The van der Waals surface area contributed by atoms with Gasteiger partial charge < -0.3 is 10.6 Å². The number of carbonyl (C=O) groups excluding carboxylic acids is 2. The molecule has 1 saturated carbocycles. The summed E-state index contributed by atoms with van der Waals surface area (Å²) in [7, 11) is 0. The van der Waals surface area contributed by atoms with Gasteiger partial charge in [-0.2, -0.15) is 0 Å². The quantitative estimate of drug-likeness (QED) is 0.840. The van der Waals surface area contributed by atoms with E-state index >= 15 is 0 Å². The SMILES string of the molecule is O=C(CNC(=O)c1ccc(F)cc1F)NC1CCCCCC1. The molecule has 1 fully saturated rings. The Morgan fingerprint density at radius 3 is 2.41 bits per heavy atom. The van der Waals surface area contributed by atoms with Crippen molar-refractivity contribution < 1.29 is 18.4 Å². The molecule has 0 bridgehead atoms. The van der Waals surface area contributed by atoms with Crippen LogP contribution in [0.2, 0.25) is 0 Å². The molecule has 1 aromatic carbocycles. The van der Waals surface area contributed by atoms with Crippen molar-refractivity contribution in [2.24, 2.45) is 0 Å². The van der Waals surface area contributed by atoms with Gasteiger partial charge in [0.15, 0.2) is 0 Å². The van der Waals surface area contributed by atoms with Gasteiger partial charge in [0.1, 0.15) is 11.6 Å². The van der Waals surface area contributed by atoms with E-state index in [1.807, 2.05) is 0 Å². The minimum absolute atomic E-state index is 0.148. The highest BCUT2D eigenvalue weighted by Crippen LogP contribution is 2.17. The molecule has 2 rings (SSSR count). The third-order valence-electron chi connectivity index (χ3n) is 3.81. The molecule has 2 N–H and O–H groups in total. The second kappa shape index (κ2) is 7.87. The van der Waals surface area contributed by atoms with Gasteiger partial charge in [0.05, 0.1) is 12.1 Å². The highest BCUT2D eigenvalue weighted by atomic mass is 19.1. The van der Waals surface area contributed by atoms with E-state index in [4.69, 9.17) is 0 Å². The number of benzene rings is 1. The van der Waals surface area contributed by atoms with Crippen molar-refractivity contribution in [3.05, 3.63) is 35.4 Å². The van der Waals surface area contributed by atoms with Crippen molar-refractivity contribution in [1.29, 1.82) is 0 Å². The molecule has 0 radical (unpaired) electrons. The van der Waals surface area contributed by atoms with E-state index < -0.39 is 17.5 Å². The van der Waals surface area contributed by atoms with Crippen LogP contribution in [0.3, 0.4) is 0 Å². The van der Waals surface area contributed by atoms with Crippen molar-refractivity contribution in [3.8, 4) is 0 Å². The Balaban J connectivity index is 1.81. The molecule has 0 saturated heterocycles. The molecule has 1 aromatic rings. The minimum atomic E-state index is -0.943. The van der Waals surface area contributed by atoms with Crippen molar-refractivity contribution in [1.82, 2.24) is 10.6 Å². The number of amides is 2. The maximum absolute atomic E-state index is 13.4. The predicted molar refractivity (Wildman–Crippen MR) is 78.3 cm³/mol. The molecule has 120 valence electrons. The van der Waals surface area contributed by atoms with Crippen molar-refractivity contribution in [3.63, 3.8) is 0 Å². The van der Waals surface area contributed by atoms with Gasteiger partial charge in [0.25, 0.3) is 5.91 Å². The summed E-state index contributed by atoms with van der Waals surface area (Å²) < 4.78 is 26.2. The summed E-state index contributed by atoms with van der Waals surface area (Å²) in [5.74, 6) is -2.71. The van der Waals surface area contributed by atoms with E-state index in [-0.39, 0.29) is 24.1 Å². The number of nitrogens with one attached hydrogen (secondary N) is 2. The first-order valence-corrected chi connectivity index (χ1v) is 7.59. The molecule has 0 spiro atoms. The first-order chi connectivity index (χ1) is 10.6. The van der Waals surface area contributed by atoms with Gasteiger partial charge in [-0.15, -0.1) is 0 Å². The lowest BCUT2D eigenvalue weighted by atomic mass is 10.1. The zero-order chi connectivity index (χ0) is 15.9. The molecule has 4 nitrogen and oxygen atoms in total. The Morgan fingerprint density at radius 2 is 1.77 bits per heavy atom. The number of halogens is 2. The lowest BCUT2D eigenvalue weighted by Crippen LogP contribution is -2.42. The number of rotatable bonds is 4. The van der Waals surface area contributed by atoms with Crippen LogP contribution in [0.25, 0.3) is 0 Å². The Labute approximate surface area is 128 Å². The van der Waals surface area contributed by atoms with E-state index in [0.717, 1.165) is 37.8 Å². The van der Waals surface area contributed by atoms with Crippen LogP contribution < -0.4 is 10.6 Å². The second-order valence-corrected chi connectivity index (χ2v) is 5.56. The molecule has 22 heavy (non-hydrogen) atoms. The van der Waals surface area contributed by atoms with Crippen molar-refractivity contribution >= 4 is 11.8 Å². The molecule has 6 heteroatoms. The first-order valence-electron chi connectivity index (χ1n) is 7.59. The van der Waals surface area contributed by atoms with Crippen LogP contribution in [0.5, 0.6) is 0 Å². The number of hydrogen-bond donors (Lipinski definition) is 2. The zero-order valence-corrected chi connectivity index (χ0v) is 12.3. The largest absolute Gasteiger partial charge is 0.352 e. The average molecular weight is 310 g/mol. The predicted octanol–water partition coefficient (Wildman–Crippen LogP) is 2.53. The third-order valence-corrected chi connectivity index (χ3v) is 3.81. The maximum Gasteiger partial charge on any atom is 0.254 e. The van der Waals surface area contributed by atoms with Crippen LogP contribution in [-0.2, 0) is 4.79 Å². The van der Waals surface area contributed by atoms with Gasteiger partial charge in [0, 0.05) is 12.1 Å². The molecule has 0 unspecified atom stereocenters. The fourth-order valence-electron chi connectivity index (χ4n) is 2.63. The Bertz CT molecular complexity index is 541. The molecule has 0 aromatic heterocycles. The molecular weight excluding hydrogens is 290 g/mol. The standard InChI is InChI=1S/C16H20F2N2O2/c17-11-7-8-13(14(18)9-11)16(22)19-10-15(21)20-12-5-3-1-2-4-6-12/h7-9,12H,1-6,10H2,(H,19,22)(H,20,21). The Hall–Kier alpha value is -1.98. The zero-order valence-electron chi connectivity index (χ0n) is 12.3. The highest BCUT2D eigenvalue weighted by molar-refractivity contribution is 5.96. The van der Waals surface area contributed by atoms with E-state index in [2.05, 4.69) is 10.6 Å². The monoisotopic (exact) mass is 310 g/mol. The minimum Gasteiger partial charge on any atom is -0.352 e. The summed E-state index contributed by atoms with van der Waals surface area (Å²) in [5.41, 5.74) is -0.274. The summed E-state index contributed by atoms with van der Waals surface area (Å²) in [4.78, 5) is 23.6. The fraction of sp³-hybridized carbons (Fsp3) is 0.500. The second-order valence-electron chi connectivity index (χ2n) is 5.56. The van der Waals surface area contributed by atoms with E-state index in [9.17, 15) is 18.4 Å². The van der Waals surface area contributed by atoms with E-state index in [1.165, 1.54) is 12.8 Å². The van der Waals surface area contributed by atoms with Crippen LogP contribution >= 0.6 is 0 Å². The van der Waals surface area contributed by atoms with E-state index in [0.29, 0.717) is 6.07 Å². The van der Waals surface area contributed by atoms with E-state index in [1.54, 1.807) is 0 Å². The number of hydrogen-bond acceptors (Lipinski definition) is 2. The van der Waals surface area contributed by atoms with Crippen LogP contribution in [0.4, 0.5) is 8.78 Å². The van der Waals surface area contributed by atoms with Crippen LogP contribution in [0.15, 0.2) is 18.2 Å². The molecular formula is C16H20F2N2O2. The fourth-order valence-corrected chi connectivity index (χ4v) is 2.63. The van der Waals surface area contributed by atoms with Gasteiger partial charge >= 0.3 is 0 Å². The normalized spacial score (nSPS) is 15.9. The molecule has 2 amide bonds. The van der Waals surface area contributed by atoms with Crippen molar-refractivity contribution in [2.75, 3.05) is 6.54 Å². The lowest BCUT2D eigenvalue weighted by molar-refractivity contribution is -0.120. The molecule has 1 aliphatic rings. The van der Waals surface area contributed by atoms with Gasteiger partial charge in [-0.3, -0.25) is 9.59 Å². The molecule has 1 aliphatic carbocycles. The highest BCUT2D eigenvalue weighted by Gasteiger charge is 2.16. The van der Waals surface area contributed by atoms with Gasteiger partial charge in [-0.1, -0.05) is 25.7 Å². The topological polar surface area (TPSA) is 58.2 Å². The van der Waals surface area contributed by atoms with Crippen LogP contribution in [0, 0.1) is 11.6 Å². The van der Waals surface area contributed by atoms with Crippen LogP contribution in [-0.4, -0.2) is 24.4 Å². The van der Waals surface area contributed by atoms with Gasteiger partial charge in [-0.25, -0.2) is 8.78 Å². The molecule has 0 aliphatic heterocycles. The lowest BCUT2D eigenvalue weighted by Gasteiger charge is -2.16. The maximum atomic E-state index is 13.4. The Morgan fingerprint density at radius 1 is 1.09 bits per heavy atom.